The third kappa shape index (κ3) is 2.63. The summed E-state index contributed by atoms with van der Waals surface area (Å²) in [5.41, 5.74) is 0.606. The van der Waals surface area contributed by atoms with Crippen molar-refractivity contribution in [1.82, 2.24) is 4.90 Å². The highest BCUT2D eigenvalue weighted by atomic mass is 79.9. The van der Waals surface area contributed by atoms with Gasteiger partial charge < -0.3 is 10.0 Å². The summed E-state index contributed by atoms with van der Waals surface area (Å²) < 4.78 is 0.799. The zero-order valence-corrected chi connectivity index (χ0v) is 14.2. The largest absolute Gasteiger partial charge is 0.480 e. The lowest BCUT2D eigenvalue weighted by Gasteiger charge is -2.33. The number of amides is 1. The minimum atomic E-state index is -0.874. The summed E-state index contributed by atoms with van der Waals surface area (Å²) in [6.07, 6.45) is 4.81. The Bertz CT molecular complexity index is 585. The molecule has 3 unspecified atom stereocenters. The minimum Gasteiger partial charge on any atom is -0.480 e. The lowest BCUT2D eigenvalue weighted by molar-refractivity contribution is -0.141. The van der Waals surface area contributed by atoms with Gasteiger partial charge in [-0.05, 0) is 54.1 Å². The molecular weight excluding hydrogens is 354 g/mol. The molecule has 2 fully saturated rings. The Morgan fingerprint density at radius 1 is 1.38 bits per heavy atom. The molecule has 1 N–H and O–H groups in total. The molecule has 1 aliphatic heterocycles. The van der Waals surface area contributed by atoms with Gasteiger partial charge in [-0.1, -0.05) is 12.8 Å². The van der Waals surface area contributed by atoms with Crippen LogP contribution >= 0.6 is 27.3 Å². The molecule has 1 saturated carbocycles. The summed E-state index contributed by atoms with van der Waals surface area (Å²) in [7, 11) is 0. The van der Waals surface area contributed by atoms with E-state index in [1.807, 2.05) is 13.0 Å². The molecule has 1 saturated heterocycles. The number of nitrogens with zero attached hydrogens (tertiary/aromatic N) is 1. The monoisotopic (exact) mass is 371 g/mol. The predicted molar refractivity (Wildman–Crippen MR) is 84.7 cm³/mol. The molecule has 114 valence electrons. The Hall–Kier alpha value is -0.880. The van der Waals surface area contributed by atoms with E-state index in [4.69, 9.17) is 0 Å². The van der Waals surface area contributed by atoms with Crippen LogP contribution in [0.25, 0.3) is 0 Å². The third-order valence-corrected chi connectivity index (χ3v) is 6.40. The van der Waals surface area contributed by atoms with Crippen LogP contribution in [0, 0.1) is 12.8 Å². The maximum atomic E-state index is 12.9. The second-order valence-electron chi connectivity index (χ2n) is 5.96. The van der Waals surface area contributed by atoms with E-state index in [0.29, 0.717) is 17.9 Å². The fourth-order valence-corrected chi connectivity index (χ4v) is 5.51. The summed E-state index contributed by atoms with van der Waals surface area (Å²) in [4.78, 5) is 27.2. The summed E-state index contributed by atoms with van der Waals surface area (Å²) >= 11 is 4.95. The molecule has 1 aromatic heterocycles. The van der Waals surface area contributed by atoms with Gasteiger partial charge in [0.1, 0.15) is 6.04 Å². The number of carboxylic acid groups (broad SMARTS) is 1. The van der Waals surface area contributed by atoms with E-state index in [1.54, 1.807) is 4.90 Å². The number of carbonyl (C=O) groups excluding carboxylic acids is 1. The molecule has 21 heavy (non-hydrogen) atoms. The van der Waals surface area contributed by atoms with Gasteiger partial charge in [-0.25, -0.2) is 4.79 Å². The molecule has 1 aromatic rings. The molecule has 1 aliphatic carbocycles. The van der Waals surface area contributed by atoms with Crippen molar-refractivity contribution in [3.63, 3.8) is 0 Å². The molecule has 2 aliphatic rings. The highest BCUT2D eigenvalue weighted by molar-refractivity contribution is 9.11. The molecule has 3 atom stereocenters. The number of thiophene rings is 1. The third-order valence-electron chi connectivity index (χ3n) is 4.65. The number of halogens is 1. The number of rotatable bonds is 2. The number of hydrogen-bond acceptors (Lipinski definition) is 3. The Morgan fingerprint density at radius 2 is 2.10 bits per heavy atom. The van der Waals surface area contributed by atoms with Crippen molar-refractivity contribution in [2.75, 3.05) is 0 Å². The Balaban J connectivity index is 1.94. The normalized spacial score (nSPS) is 28.5. The van der Waals surface area contributed by atoms with E-state index >= 15 is 0 Å². The fraction of sp³-hybridized carbons (Fsp3) is 0.600. The maximum Gasteiger partial charge on any atom is 0.326 e. The first-order valence-electron chi connectivity index (χ1n) is 7.30. The van der Waals surface area contributed by atoms with Crippen LogP contribution in [0.2, 0.25) is 0 Å². The molecule has 4 nitrogen and oxygen atoms in total. The topological polar surface area (TPSA) is 57.6 Å². The zero-order valence-electron chi connectivity index (χ0n) is 11.8. The lowest BCUT2D eigenvalue weighted by Crippen LogP contribution is -2.46. The average molecular weight is 372 g/mol. The first-order chi connectivity index (χ1) is 9.99. The zero-order chi connectivity index (χ0) is 15.1. The van der Waals surface area contributed by atoms with Crippen molar-refractivity contribution in [3.8, 4) is 0 Å². The summed E-state index contributed by atoms with van der Waals surface area (Å²) in [5.74, 6) is -0.656. The van der Waals surface area contributed by atoms with Crippen molar-refractivity contribution < 1.29 is 14.7 Å². The van der Waals surface area contributed by atoms with Gasteiger partial charge in [-0.2, -0.15) is 0 Å². The van der Waals surface area contributed by atoms with Crippen molar-refractivity contribution in [1.29, 1.82) is 0 Å². The van der Waals surface area contributed by atoms with E-state index in [-0.39, 0.29) is 11.9 Å². The van der Waals surface area contributed by atoms with Gasteiger partial charge in [0, 0.05) is 10.9 Å². The van der Waals surface area contributed by atoms with E-state index in [2.05, 4.69) is 15.9 Å². The second-order valence-corrected chi connectivity index (χ2v) is 8.53. The molecule has 2 heterocycles. The SMILES string of the molecule is Cc1cc(C(=O)N2C(C(=O)O)CC3CCCCC32)c(Br)s1. The number of fused-ring (bicyclic) bond motifs is 1. The molecule has 6 heteroatoms. The van der Waals surface area contributed by atoms with Crippen LogP contribution in [0.4, 0.5) is 0 Å². The van der Waals surface area contributed by atoms with Crippen molar-refractivity contribution in [2.45, 2.75) is 51.1 Å². The summed E-state index contributed by atoms with van der Waals surface area (Å²) in [6, 6.07) is 1.28. The number of carboxylic acids is 1. The average Bonchev–Trinajstić information content (AvgIpc) is 2.98. The number of aliphatic carboxylic acids is 1. The number of aryl methyl sites for hydroxylation is 1. The van der Waals surface area contributed by atoms with E-state index in [0.717, 1.165) is 34.3 Å². The first-order valence-corrected chi connectivity index (χ1v) is 8.91. The molecule has 1 amide bonds. The van der Waals surface area contributed by atoms with Gasteiger partial charge in [0.05, 0.1) is 9.35 Å². The molecule has 0 radical (unpaired) electrons. The van der Waals surface area contributed by atoms with Gasteiger partial charge in [-0.3, -0.25) is 4.79 Å². The van der Waals surface area contributed by atoms with Gasteiger partial charge in [0.15, 0.2) is 0 Å². The molecular formula is C15H18BrNO3S. The molecule has 0 aromatic carbocycles. The number of carbonyl (C=O) groups is 2. The molecule has 3 rings (SSSR count). The maximum absolute atomic E-state index is 12.9. The smallest absolute Gasteiger partial charge is 0.326 e. The minimum absolute atomic E-state index is 0.0967. The molecule has 0 bridgehead atoms. The fourth-order valence-electron chi connectivity index (χ4n) is 3.74. The van der Waals surface area contributed by atoms with Crippen molar-refractivity contribution in [3.05, 3.63) is 20.3 Å². The van der Waals surface area contributed by atoms with Crippen LogP contribution in [0.15, 0.2) is 9.85 Å². The van der Waals surface area contributed by atoms with Gasteiger partial charge in [0.25, 0.3) is 5.91 Å². The van der Waals surface area contributed by atoms with Crippen molar-refractivity contribution in [2.24, 2.45) is 5.92 Å². The van der Waals surface area contributed by atoms with Crippen LogP contribution in [0.5, 0.6) is 0 Å². The predicted octanol–water partition coefficient (Wildman–Crippen LogP) is 3.68. The van der Waals surface area contributed by atoms with Crippen LogP contribution in [0.3, 0.4) is 0 Å². The highest BCUT2D eigenvalue weighted by Crippen LogP contribution is 2.41. The Morgan fingerprint density at radius 3 is 2.71 bits per heavy atom. The van der Waals surface area contributed by atoms with Crippen LogP contribution in [-0.2, 0) is 4.79 Å². The highest BCUT2D eigenvalue weighted by Gasteiger charge is 2.48. The van der Waals surface area contributed by atoms with Gasteiger partial charge >= 0.3 is 5.97 Å². The van der Waals surface area contributed by atoms with Gasteiger partial charge in [0.2, 0.25) is 0 Å². The summed E-state index contributed by atoms with van der Waals surface area (Å²) in [5, 5.41) is 9.50. The Kier molecular flexibility index (Phi) is 4.10. The van der Waals surface area contributed by atoms with E-state index in [1.165, 1.54) is 11.3 Å². The first kappa shape index (κ1) is 15.0. The van der Waals surface area contributed by atoms with Crippen LogP contribution < -0.4 is 0 Å². The summed E-state index contributed by atoms with van der Waals surface area (Å²) in [6.45, 7) is 1.95. The van der Waals surface area contributed by atoms with Gasteiger partial charge in [-0.15, -0.1) is 11.3 Å². The Labute approximate surface area is 136 Å². The quantitative estimate of drug-likeness (QED) is 0.862. The van der Waals surface area contributed by atoms with Crippen LogP contribution in [0.1, 0.15) is 47.3 Å². The lowest BCUT2D eigenvalue weighted by atomic mass is 9.84. The number of hydrogen-bond donors (Lipinski definition) is 1. The van der Waals surface area contributed by atoms with E-state index < -0.39 is 12.0 Å². The second kappa shape index (κ2) is 5.72. The molecule has 0 spiro atoms. The standard InChI is InChI=1S/C15H18BrNO3S/c1-8-6-10(13(16)21-8)14(18)17-11-5-3-2-4-9(11)7-12(17)15(19)20/h6,9,11-12H,2-5,7H2,1H3,(H,19,20). The number of likely N-dealkylation sites (tertiary alicyclic amines) is 1. The van der Waals surface area contributed by atoms with Crippen molar-refractivity contribution >= 4 is 39.1 Å². The van der Waals surface area contributed by atoms with E-state index in [9.17, 15) is 14.7 Å². The van der Waals surface area contributed by atoms with Crippen LogP contribution in [-0.4, -0.2) is 34.0 Å².